The Hall–Kier alpha value is -1.12. The molecule has 0 bridgehead atoms. The smallest absolute Gasteiger partial charge is 0.321 e. The highest BCUT2D eigenvalue weighted by atomic mass is 16.6. The average Bonchev–Trinajstić information content (AvgIpc) is 2.01. The lowest BCUT2D eigenvalue weighted by Crippen LogP contribution is -2.31. The fourth-order valence-electron chi connectivity index (χ4n) is 1.58. The van der Waals surface area contributed by atoms with Crippen LogP contribution in [-0.4, -0.2) is 12.4 Å². The van der Waals surface area contributed by atoms with Gasteiger partial charge in [-0.25, -0.2) is 0 Å². The number of allylic oxidation sites excluding steroid dienone is 1. The highest BCUT2D eigenvalue weighted by Crippen LogP contribution is 2.34. The van der Waals surface area contributed by atoms with Gasteiger partial charge in [0, 0.05) is 0 Å². The molecule has 0 saturated carbocycles. The van der Waals surface area contributed by atoms with Gasteiger partial charge in [0.2, 0.25) is 0 Å². The summed E-state index contributed by atoms with van der Waals surface area (Å²) < 4.78 is 4.45. The van der Waals surface area contributed by atoms with Crippen LogP contribution in [0, 0.1) is 11.3 Å². The Morgan fingerprint density at radius 1 is 1.20 bits per heavy atom. The van der Waals surface area contributed by atoms with Crippen LogP contribution < -0.4 is 0 Å². The predicted molar refractivity (Wildman–Crippen MR) is 59.1 cm³/mol. The number of hydrogen-bond donors (Lipinski definition) is 0. The van der Waals surface area contributed by atoms with Crippen LogP contribution in [0.1, 0.15) is 41.5 Å². The molecular formula is C12H20O3. The number of carbonyl (C=O) groups excluding carboxylic acids is 2. The Morgan fingerprint density at radius 3 is 1.93 bits per heavy atom. The Balaban J connectivity index is 5.17. The van der Waals surface area contributed by atoms with Crippen LogP contribution in [0.15, 0.2) is 11.1 Å². The molecule has 0 aliphatic rings. The van der Waals surface area contributed by atoms with E-state index in [0.29, 0.717) is 0 Å². The first-order chi connectivity index (χ1) is 6.71. The van der Waals surface area contributed by atoms with E-state index in [4.69, 9.17) is 0 Å². The van der Waals surface area contributed by atoms with Gasteiger partial charge < -0.3 is 4.74 Å². The molecule has 0 aromatic heterocycles. The first kappa shape index (κ1) is 13.9. The van der Waals surface area contributed by atoms with E-state index < -0.39 is 5.97 Å². The lowest BCUT2D eigenvalue weighted by atomic mass is 9.75. The van der Waals surface area contributed by atoms with Crippen molar-refractivity contribution < 1.29 is 14.3 Å². The molecule has 0 aliphatic carbocycles. The highest BCUT2D eigenvalue weighted by molar-refractivity contribution is 5.82. The third-order valence-electron chi connectivity index (χ3n) is 2.49. The van der Waals surface area contributed by atoms with Gasteiger partial charge in [-0.3, -0.25) is 9.59 Å². The van der Waals surface area contributed by atoms with Crippen molar-refractivity contribution in [3.8, 4) is 0 Å². The molecule has 0 fully saturated rings. The summed E-state index contributed by atoms with van der Waals surface area (Å²) in [4.78, 5) is 21.8. The average molecular weight is 212 g/mol. The lowest BCUT2D eigenvalue weighted by Gasteiger charge is -2.29. The molecule has 1 atom stereocenters. The number of carbonyl (C=O) groups is 2. The number of rotatable bonds is 3. The van der Waals surface area contributed by atoms with E-state index in [2.05, 4.69) is 4.74 Å². The molecule has 1 unspecified atom stereocenters. The highest BCUT2D eigenvalue weighted by Gasteiger charge is 2.34. The normalized spacial score (nSPS) is 12.9. The van der Waals surface area contributed by atoms with E-state index in [9.17, 15) is 9.59 Å². The van der Waals surface area contributed by atoms with Crippen LogP contribution in [0.3, 0.4) is 0 Å². The molecule has 0 aliphatic heterocycles. The van der Waals surface area contributed by atoms with Gasteiger partial charge in [-0.05, 0) is 26.2 Å². The van der Waals surface area contributed by atoms with Gasteiger partial charge in [0.05, 0.1) is 5.92 Å². The van der Waals surface area contributed by atoms with Crippen molar-refractivity contribution in [2.75, 3.05) is 0 Å². The molecule has 0 heterocycles. The van der Waals surface area contributed by atoms with Crippen LogP contribution in [-0.2, 0) is 14.3 Å². The van der Waals surface area contributed by atoms with Gasteiger partial charge in [0.1, 0.15) is 0 Å². The summed E-state index contributed by atoms with van der Waals surface area (Å²) in [5.74, 6) is -0.844. The Kier molecular flexibility index (Phi) is 4.72. The molecule has 15 heavy (non-hydrogen) atoms. The maximum Gasteiger partial charge on any atom is 0.321 e. The molecule has 3 nitrogen and oxygen atoms in total. The van der Waals surface area contributed by atoms with Crippen molar-refractivity contribution in [1.29, 1.82) is 0 Å². The minimum atomic E-state index is -0.476. The van der Waals surface area contributed by atoms with E-state index >= 15 is 0 Å². The van der Waals surface area contributed by atoms with Gasteiger partial charge in [-0.1, -0.05) is 31.9 Å². The van der Waals surface area contributed by atoms with E-state index in [0.717, 1.165) is 11.1 Å². The molecule has 3 heteroatoms. The standard InChI is InChI=1S/C12H20O3/c1-8(2)9(3)10(12(4,5)6)11(14)15-7-13/h7,10H,1-6H3. The Labute approximate surface area is 91.5 Å². The van der Waals surface area contributed by atoms with Crippen LogP contribution in [0.4, 0.5) is 0 Å². The molecule has 0 saturated heterocycles. The minimum absolute atomic E-state index is 0.194. The van der Waals surface area contributed by atoms with Crippen LogP contribution in [0.25, 0.3) is 0 Å². The van der Waals surface area contributed by atoms with Gasteiger partial charge >= 0.3 is 12.4 Å². The molecule has 86 valence electrons. The SMILES string of the molecule is CC(C)=C(C)C(C(=O)OC=O)C(C)(C)C. The fourth-order valence-corrected chi connectivity index (χ4v) is 1.58. The summed E-state index contributed by atoms with van der Waals surface area (Å²) in [5, 5.41) is 0. The third kappa shape index (κ3) is 3.86. The maximum atomic E-state index is 11.6. The molecule has 0 rings (SSSR count). The zero-order chi connectivity index (χ0) is 12.2. The van der Waals surface area contributed by atoms with Crippen molar-refractivity contribution in [2.24, 2.45) is 11.3 Å². The minimum Gasteiger partial charge on any atom is -0.395 e. The van der Waals surface area contributed by atoms with Gasteiger partial charge in [0.25, 0.3) is 0 Å². The van der Waals surface area contributed by atoms with Crippen molar-refractivity contribution >= 4 is 12.4 Å². The van der Waals surface area contributed by atoms with E-state index in [1.165, 1.54) is 0 Å². The molecule has 0 aromatic rings. The Bertz CT molecular complexity index is 278. The molecule has 0 spiro atoms. The van der Waals surface area contributed by atoms with E-state index in [1.807, 2.05) is 41.5 Å². The topological polar surface area (TPSA) is 43.4 Å². The zero-order valence-corrected chi connectivity index (χ0v) is 10.4. The largest absolute Gasteiger partial charge is 0.395 e. The van der Waals surface area contributed by atoms with Gasteiger partial charge in [-0.2, -0.15) is 0 Å². The fraction of sp³-hybridized carbons (Fsp3) is 0.667. The predicted octanol–water partition coefficient (Wildman–Crippen LogP) is 2.70. The molecular weight excluding hydrogens is 192 g/mol. The van der Waals surface area contributed by atoms with Crippen molar-refractivity contribution in [3.63, 3.8) is 0 Å². The first-order valence-electron chi connectivity index (χ1n) is 5.00. The number of hydrogen-bond acceptors (Lipinski definition) is 3. The number of ether oxygens (including phenoxy) is 1. The second kappa shape index (κ2) is 5.10. The summed E-state index contributed by atoms with van der Waals surface area (Å²) >= 11 is 0. The molecule has 0 aromatic carbocycles. The molecule has 0 N–H and O–H groups in total. The molecule has 0 radical (unpaired) electrons. The monoisotopic (exact) mass is 212 g/mol. The van der Waals surface area contributed by atoms with Crippen molar-refractivity contribution in [3.05, 3.63) is 11.1 Å². The summed E-state index contributed by atoms with van der Waals surface area (Å²) in [6, 6.07) is 0. The Morgan fingerprint density at radius 2 is 1.67 bits per heavy atom. The van der Waals surface area contributed by atoms with Gasteiger partial charge in [0.15, 0.2) is 0 Å². The summed E-state index contributed by atoms with van der Waals surface area (Å²) in [7, 11) is 0. The number of esters is 1. The summed E-state index contributed by atoms with van der Waals surface area (Å²) in [6.07, 6.45) is 0. The van der Waals surface area contributed by atoms with Gasteiger partial charge in [-0.15, -0.1) is 0 Å². The van der Waals surface area contributed by atoms with Crippen LogP contribution >= 0.6 is 0 Å². The quantitative estimate of drug-likeness (QED) is 0.312. The van der Waals surface area contributed by atoms with Crippen LogP contribution in [0.2, 0.25) is 0 Å². The van der Waals surface area contributed by atoms with Crippen molar-refractivity contribution in [2.45, 2.75) is 41.5 Å². The third-order valence-corrected chi connectivity index (χ3v) is 2.49. The second-order valence-electron chi connectivity index (χ2n) is 5.02. The molecule has 0 amide bonds. The van der Waals surface area contributed by atoms with Crippen LogP contribution in [0.5, 0.6) is 0 Å². The zero-order valence-electron chi connectivity index (χ0n) is 10.4. The first-order valence-corrected chi connectivity index (χ1v) is 5.00. The van der Waals surface area contributed by atoms with Crippen molar-refractivity contribution in [1.82, 2.24) is 0 Å². The summed E-state index contributed by atoms with van der Waals surface area (Å²) in [6.45, 7) is 11.9. The second-order valence-corrected chi connectivity index (χ2v) is 5.02. The lowest BCUT2D eigenvalue weighted by molar-refractivity contribution is -0.156. The van der Waals surface area contributed by atoms with E-state index in [1.54, 1.807) is 0 Å². The van der Waals surface area contributed by atoms with E-state index in [-0.39, 0.29) is 17.8 Å². The maximum absolute atomic E-state index is 11.6. The summed E-state index contributed by atoms with van der Waals surface area (Å²) in [5.41, 5.74) is 1.80.